The standard InChI is InChI=1S/C23H14Cl3F3N4O2/c24-14-3-6-16(7-4-14)33-21(18-10-5-15(25)11-19(18)26)31-20(32-33)12-30-22(34)13-1-8-17(9-2-13)35-23(27,28)29/h1-11H,12H2,(H,30,34). The highest BCUT2D eigenvalue weighted by Gasteiger charge is 2.31. The minimum atomic E-state index is -4.82. The number of carbonyl (C=O) groups is 1. The van der Waals surface area contributed by atoms with Gasteiger partial charge in [0.2, 0.25) is 0 Å². The average Bonchev–Trinajstić information content (AvgIpc) is 3.21. The van der Waals surface area contributed by atoms with E-state index in [1.54, 1.807) is 47.1 Å². The van der Waals surface area contributed by atoms with Crippen LogP contribution in [0.25, 0.3) is 17.1 Å². The highest BCUT2D eigenvalue weighted by atomic mass is 35.5. The number of benzene rings is 3. The van der Waals surface area contributed by atoms with Gasteiger partial charge in [0, 0.05) is 21.2 Å². The van der Waals surface area contributed by atoms with Gasteiger partial charge in [0.1, 0.15) is 5.75 Å². The van der Waals surface area contributed by atoms with Gasteiger partial charge in [0.25, 0.3) is 5.91 Å². The lowest BCUT2D eigenvalue weighted by Crippen LogP contribution is -2.23. The van der Waals surface area contributed by atoms with Crippen molar-refractivity contribution in [2.24, 2.45) is 0 Å². The molecular formula is C23H14Cl3F3N4O2. The number of hydrogen-bond donors (Lipinski definition) is 1. The van der Waals surface area contributed by atoms with E-state index < -0.39 is 18.0 Å². The van der Waals surface area contributed by atoms with Gasteiger partial charge in [-0.05, 0) is 66.7 Å². The van der Waals surface area contributed by atoms with Crippen LogP contribution in [0.3, 0.4) is 0 Å². The number of ether oxygens (including phenoxy) is 1. The summed E-state index contributed by atoms with van der Waals surface area (Å²) in [6.45, 7) is -0.0571. The maximum atomic E-state index is 12.5. The van der Waals surface area contributed by atoms with Crippen molar-refractivity contribution < 1.29 is 22.7 Å². The Morgan fingerprint density at radius 2 is 1.60 bits per heavy atom. The number of amides is 1. The van der Waals surface area contributed by atoms with Crippen molar-refractivity contribution in [1.29, 1.82) is 0 Å². The molecule has 0 spiro atoms. The van der Waals surface area contributed by atoms with Crippen molar-refractivity contribution in [3.05, 3.63) is 93.2 Å². The molecule has 0 aliphatic carbocycles. The van der Waals surface area contributed by atoms with Crippen molar-refractivity contribution in [3.8, 4) is 22.8 Å². The van der Waals surface area contributed by atoms with E-state index in [1.165, 1.54) is 12.1 Å². The number of carbonyl (C=O) groups excluding carboxylic acids is 1. The molecule has 0 bridgehead atoms. The molecule has 6 nitrogen and oxygen atoms in total. The van der Waals surface area contributed by atoms with Gasteiger partial charge in [-0.25, -0.2) is 9.67 Å². The summed E-state index contributed by atoms with van der Waals surface area (Å²) >= 11 is 18.4. The van der Waals surface area contributed by atoms with Crippen LogP contribution in [0.2, 0.25) is 15.1 Å². The summed E-state index contributed by atoms with van der Waals surface area (Å²) in [7, 11) is 0. The maximum Gasteiger partial charge on any atom is 0.573 e. The number of hydrogen-bond acceptors (Lipinski definition) is 4. The second kappa shape index (κ2) is 10.2. The van der Waals surface area contributed by atoms with Gasteiger partial charge in [-0.15, -0.1) is 18.3 Å². The van der Waals surface area contributed by atoms with E-state index in [9.17, 15) is 18.0 Å². The van der Waals surface area contributed by atoms with Crippen molar-refractivity contribution in [2.45, 2.75) is 12.9 Å². The van der Waals surface area contributed by atoms with Crippen molar-refractivity contribution >= 4 is 40.7 Å². The quantitative estimate of drug-likeness (QED) is 0.294. The summed E-state index contributed by atoms with van der Waals surface area (Å²) in [6.07, 6.45) is -4.82. The van der Waals surface area contributed by atoms with Crippen LogP contribution in [0.5, 0.6) is 5.75 Å². The minimum Gasteiger partial charge on any atom is -0.406 e. The van der Waals surface area contributed by atoms with Gasteiger partial charge < -0.3 is 10.1 Å². The first kappa shape index (κ1) is 24.8. The Morgan fingerprint density at radius 3 is 2.23 bits per heavy atom. The van der Waals surface area contributed by atoms with Gasteiger partial charge in [0.05, 0.1) is 17.3 Å². The number of nitrogens with zero attached hydrogens (tertiary/aromatic N) is 3. The molecule has 4 rings (SSSR count). The van der Waals surface area contributed by atoms with Crippen LogP contribution in [0.15, 0.2) is 66.7 Å². The lowest BCUT2D eigenvalue weighted by Gasteiger charge is -2.09. The fourth-order valence-electron chi connectivity index (χ4n) is 3.11. The normalized spacial score (nSPS) is 11.4. The second-order valence-electron chi connectivity index (χ2n) is 7.12. The van der Waals surface area contributed by atoms with E-state index in [1.807, 2.05) is 0 Å². The first-order valence-electron chi connectivity index (χ1n) is 9.90. The maximum absolute atomic E-state index is 12.5. The SMILES string of the molecule is O=C(NCc1nc(-c2ccc(Cl)cc2Cl)n(-c2ccc(Cl)cc2)n1)c1ccc(OC(F)(F)F)cc1. The van der Waals surface area contributed by atoms with Crippen LogP contribution in [0.1, 0.15) is 16.2 Å². The van der Waals surface area contributed by atoms with Gasteiger partial charge in [-0.3, -0.25) is 4.79 Å². The van der Waals surface area contributed by atoms with Crippen LogP contribution in [-0.4, -0.2) is 27.0 Å². The minimum absolute atomic E-state index is 0.0571. The molecule has 0 fully saturated rings. The molecule has 1 heterocycles. The Morgan fingerprint density at radius 1 is 0.943 bits per heavy atom. The zero-order chi connectivity index (χ0) is 25.2. The van der Waals surface area contributed by atoms with Crippen LogP contribution in [0.4, 0.5) is 13.2 Å². The van der Waals surface area contributed by atoms with E-state index in [0.29, 0.717) is 32.1 Å². The lowest BCUT2D eigenvalue weighted by atomic mass is 10.2. The molecular weight excluding hydrogens is 528 g/mol. The predicted octanol–water partition coefficient (Wildman–Crippen LogP) is 6.72. The number of alkyl halides is 3. The number of nitrogens with one attached hydrogen (secondary N) is 1. The molecule has 1 aromatic heterocycles. The number of halogens is 6. The van der Waals surface area contributed by atoms with Crippen LogP contribution < -0.4 is 10.1 Å². The van der Waals surface area contributed by atoms with E-state index in [4.69, 9.17) is 34.8 Å². The third-order valence-corrected chi connectivity index (χ3v) is 5.45. The van der Waals surface area contributed by atoms with Gasteiger partial charge in [-0.2, -0.15) is 0 Å². The predicted molar refractivity (Wildman–Crippen MR) is 126 cm³/mol. The Bertz CT molecular complexity index is 1360. The Hall–Kier alpha value is -3.27. The molecule has 1 amide bonds. The zero-order valence-electron chi connectivity index (χ0n) is 17.5. The molecule has 0 aliphatic rings. The summed E-state index contributed by atoms with van der Waals surface area (Å²) in [5.41, 5.74) is 1.36. The van der Waals surface area contributed by atoms with Gasteiger partial charge in [-0.1, -0.05) is 34.8 Å². The Labute approximate surface area is 212 Å². The zero-order valence-corrected chi connectivity index (χ0v) is 19.8. The van der Waals surface area contributed by atoms with Crippen LogP contribution in [-0.2, 0) is 6.54 Å². The first-order chi connectivity index (χ1) is 16.6. The van der Waals surface area contributed by atoms with Crippen molar-refractivity contribution in [3.63, 3.8) is 0 Å². The van der Waals surface area contributed by atoms with Crippen LogP contribution in [0, 0.1) is 0 Å². The summed E-state index contributed by atoms with van der Waals surface area (Å²) < 4.78 is 42.3. The van der Waals surface area contributed by atoms with Gasteiger partial charge >= 0.3 is 6.36 Å². The van der Waals surface area contributed by atoms with Gasteiger partial charge in [0.15, 0.2) is 11.6 Å². The second-order valence-corrected chi connectivity index (χ2v) is 8.40. The third-order valence-electron chi connectivity index (χ3n) is 4.65. The molecule has 0 saturated carbocycles. The summed E-state index contributed by atoms with van der Waals surface area (Å²) in [6, 6.07) is 16.4. The Balaban J connectivity index is 1.57. The molecule has 0 aliphatic heterocycles. The number of aromatic nitrogens is 3. The van der Waals surface area contributed by atoms with E-state index >= 15 is 0 Å². The highest BCUT2D eigenvalue weighted by Crippen LogP contribution is 2.31. The molecule has 0 atom stereocenters. The highest BCUT2D eigenvalue weighted by molar-refractivity contribution is 6.36. The van der Waals surface area contributed by atoms with Crippen LogP contribution >= 0.6 is 34.8 Å². The molecule has 35 heavy (non-hydrogen) atoms. The smallest absolute Gasteiger partial charge is 0.406 e. The van der Waals surface area contributed by atoms with Crippen molar-refractivity contribution in [1.82, 2.24) is 20.1 Å². The monoisotopic (exact) mass is 540 g/mol. The lowest BCUT2D eigenvalue weighted by molar-refractivity contribution is -0.274. The fraction of sp³-hybridized carbons (Fsp3) is 0.0870. The third kappa shape index (κ3) is 6.25. The van der Waals surface area contributed by atoms with E-state index in [-0.39, 0.29) is 17.9 Å². The summed E-state index contributed by atoms with van der Waals surface area (Å²) in [5.74, 6) is -0.280. The summed E-state index contributed by atoms with van der Waals surface area (Å²) in [4.78, 5) is 17.0. The molecule has 0 unspecified atom stereocenters. The Kier molecular flexibility index (Phi) is 7.20. The largest absolute Gasteiger partial charge is 0.573 e. The molecule has 4 aromatic rings. The molecule has 3 aromatic carbocycles. The first-order valence-corrected chi connectivity index (χ1v) is 11.0. The molecule has 0 saturated heterocycles. The molecule has 1 N–H and O–H groups in total. The molecule has 12 heteroatoms. The number of rotatable bonds is 6. The van der Waals surface area contributed by atoms with E-state index in [0.717, 1.165) is 12.1 Å². The topological polar surface area (TPSA) is 69.0 Å². The van der Waals surface area contributed by atoms with E-state index in [2.05, 4.69) is 20.1 Å². The van der Waals surface area contributed by atoms with Crippen molar-refractivity contribution in [2.75, 3.05) is 0 Å². The average molecular weight is 542 g/mol. The molecule has 0 radical (unpaired) electrons. The fourth-order valence-corrected chi connectivity index (χ4v) is 3.73. The summed E-state index contributed by atoms with van der Waals surface area (Å²) in [5, 5.41) is 8.48. The molecule has 180 valence electrons.